The summed E-state index contributed by atoms with van der Waals surface area (Å²) >= 11 is 0. The van der Waals surface area contributed by atoms with Gasteiger partial charge in [0, 0.05) is 41.2 Å². The zero-order chi connectivity index (χ0) is 19.4. The molecule has 2 aliphatic heterocycles. The molecule has 0 N–H and O–H groups in total. The van der Waals surface area contributed by atoms with E-state index in [4.69, 9.17) is 4.74 Å². The standard InChI is InChI=1S/C25H26N2O/c1-16-5-8-21-20(13-16)25-22-9-7-19(26(22)3)15-23(25)27(21)12-11-18-6-10-24(28-4)17(2)14-18/h5-6,8,10,13-14,19,22H,7,9,15H2,1-4H3. The molecule has 3 nitrogen and oxygen atoms in total. The lowest BCUT2D eigenvalue weighted by atomic mass is 9.97. The first-order valence-corrected chi connectivity index (χ1v) is 10.1. The minimum atomic E-state index is 0.532. The number of ether oxygens (including phenoxy) is 1. The summed E-state index contributed by atoms with van der Waals surface area (Å²) in [5, 5.41) is 1.38. The van der Waals surface area contributed by atoms with Crippen LogP contribution >= 0.6 is 0 Å². The van der Waals surface area contributed by atoms with Gasteiger partial charge in [-0.25, -0.2) is 0 Å². The van der Waals surface area contributed by atoms with Crippen LogP contribution in [0.4, 0.5) is 0 Å². The Hall–Kier alpha value is -2.70. The predicted molar refractivity (Wildman–Crippen MR) is 114 cm³/mol. The molecule has 3 heteroatoms. The summed E-state index contributed by atoms with van der Waals surface area (Å²) in [5.74, 6) is 4.31. The molecule has 2 aromatic carbocycles. The van der Waals surface area contributed by atoms with E-state index in [9.17, 15) is 0 Å². The van der Waals surface area contributed by atoms with Crippen molar-refractivity contribution >= 4 is 10.9 Å². The second kappa shape index (κ2) is 6.43. The number of nitrogens with zero attached hydrogens (tertiary/aromatic N) is 2. The Morgan fingerprint density at radius 3 is 2.71 bits per heavy atom. The van der Waals surface area contributed by atoms with Crippen molar-refractivity contribution in [2.75, 3.05) is 14.2 Å². The molecule has 5 rings (SSSR count). The first-order valence-electron chi connectivity index (χ1n) is 10.1. The number of hydrogen-bond donors (Lipinski definition) is 0. The fraction of sp³-hybridized carbons (Fsp3) is 0.360. The van der Waals surface area contributed by atoms with Crippen molar-refractivity contribution in [3.63, 3.8) is 0 Å². The molecule has 0 spiro atoms. The molecule has 1 aromatic heterocycles. The van der Waals surface area contributed by atoms with Gasteiger partial charge in [-0.15, -0.1) is 0 Å². The Balaban J connectivity index is 1.68. The molecule has 2 atom stereocenters. The molecule has 0 amide bonds. The van der Waals surface area contributed by atoms with Gasteiger partial charge in [0.05, 0.1) is 12.6 Å². The van der Waals surface area contributed by atoms with E-state index >= 15 is 0 Å². The van der Waals surface area contributed by atoms with Gasteiger partial charge in [-0.1, -0.05) is 11.6 Å². The fourth-order valence-corrected chi connectivity index (χ4v) is 5.09. The quantitative estimate of drug-likeness (QED) is 0.572. The smallest absolute Gasteiger partial charge is 0.121 e. The Labute approximate surface area is 166 Å². The van der Waals surface area contributed by atoms with Crippen LogP contribution in [0.1, 0.15) is 46.8 Å². The highest BCUT2D eigenvalue weighted by atomic mass is 16.5. The van der Waals surface area contributed by atoms with E-state index in [1.165, 1.54) is 40.6 Å². The van der Waals surface area contributed by atoms with Crippen LogP contribution in [0.15, 0.2) is 36.4 Å². The number of aryl methyl sites for hydroxylation is 2. The topological polar surface area (TPSA) is 17.4 Å². The van der Waals surface area contributed by atoms with Crippen LogP contribution in [0.5, 0.6) is 5.75 Å². The average Bonchev–Trinajstić information content (AvgIpc) is 3.09. The summed E-state index contributed by atoms with van der Waals surface area (Å²) in [6.45, 7) is 4.24. The van der Waals surface area contributed by atoms with Crippen LogP contribution in [0.3, 0.4) is 0 Å². The van der Waals surface area contributed by atoms with Crippen molar-refractivity contribution in [3.8, 4) is 17.7 Å². The summed E-state index contributed by atoms with van der Waals surface area (Å²) in [5.41, 5.74) is 7.63. The molecule has 3 heterocycles. The van der Waals surface area contributed by atoms with Gasteiger partial charge in [0.2, 0.25) is 0 Å². The molecule has 2 aliphatic rings. The van der Waals surface area contributed by atoms with E-state index in [-0.39, 0.29) is 0 Å². The van der Waals surface area contributed by atoms with Gasteiger partial charge in [-0.05, 0) is 81.1 Å². The number of aromatic nitrogens is 1. The first kappa shape index (κ1) is 17.4. The molecule has 0 saturated carbocycles. The van der Waals surface area contributed by atoms with Crippen LogP contribution in [0.25, 0.3) is 10.9 Å². The van der Waals surface area contributed by atoms with Gasteiger partial charge >= 0.3 is 0 Å². The number of hydrogen-bond acceptors (Lipinski definition) is 2. The average molecular weight is 370 g/mol. The van der Waals surface area contributed by atoms with E-state index in [1.807, 2.05) is 12.1 Å². The SMILES string of the molecule is COc1ccc(C#Cn2c3c(c4cc(C)ccc42)C2CCC(C3)N2C)cc1C. The third-order valence-electron chi connectivity index (χ3n) is 6.57. The van der Waals surface area contributed by atoms with Crippen LogP contribution in [0.2, 0.25) is 0 Å². The molecular weight excluding hydrogens is 344 g/mol. The highest BCUT2D eigenvalue weighted by Gasteiger charge is 2.40. The van der Waals surface area contributed by atoms with E-state index in [2.05, 4.69) is 66.6 Å². The van der Waals surface area contributed by atoms with Gasteiger partial charge in [-0.3, -0.25) is 9.47 Å². The zero-order valence-corrected chi connectivity index (χ0v) is 17.0. The summed E-state index contributed by atoms with van der Waals surface area (Å²) in [6.07, 6.45) is 3.63. The monoisotopic (exact) mass is 370 g/mol. The lowest BCUT2D eigenvalue weighted by Gasteiger charge is -2.31. The third-order valence-corrected chi connectivity index (χ3v) is 6.57. The number of rotatable bonds is 1. The largest absolute Gasteiger partial charge is 0.496 e. The van der Waals surface area contributed by atoms with Gasteiger partial charge in [-0.2, -0.15) is 0 Å². The predicted octanol–water partition coefficient (Wildman–Crippen LogP) is 4.82. The highest BCUT2D eigenvalue weighted by Crippen LogP contribution is 2.46. The van der Waals surface area contributed by atoms with E-state index < -0.39 is 0 Å². The molecule has 28 heavy (non-hydrogen) atoms. The van der Waals surface area contributed by atoms with Crippen LogP contribution in [-0.4, -0.2) is 29.7 Å². The van der Waals surface area contributed by atoms with Crippen molar-refractivity contribution in [2.24, 2.45) is 0 Å². The van der Waals surface area contributed by atoms with E-state index in [0.29, 0.717) is 12.1 Å². The van der Waals surface area contributed by atoms with Gasteiger partial charge in [0.25, 0.3) is 0 Å². The maximum Gasteiger partial charge on any atom is 0.121 e. The third kappa shape index (κ3) is 2.56. The fourth-order valence-electron chi connectivity index (χ4n) is 5.09. The van der Waals surface area contributed by atoms with Crippen LogP contribution in [-0.2, 0) is 6.42 Å². The van der Waals surface area contributed by atoms with Crippen molar-refractivity contribution in [1.29, 1.82) is 0 Å². The maximum absolute atomic E-state index is 5.38. The van der Waals surface area contributed by atoms with Gasteiger partial charge in [0.15, 0.2) is 0 Å². The highest BCUT2D eigenvalue weighted by molar-refractivity contribution is 5.88. The second-order valence-corrected chi connectivity index (χ2v) is 8.25. The molecule has 1 saturated heterocycles. The normalized spacial score (nSPS) is 20.7. The lowest BCUT2D eigenvalue weighted by molar-refractivity contribution is 0.223. The van der Waals surface area contributed by atoms with Gasteiger partial charge in [0.1, 0.15) is 5.75 Å². The zero-order valence-electron chi connectivity index (χ0n) is 17.0. The molecule has 2 bridgehead atoms. The van der Waals surface area contributed by atoms with Gasteiger partial charge < -0.3 is 4.74 Å². The number of fused-ring (bicyclic) bond motifs is 6. The molecule has 1 fully saturated rings. The molecule has 0 aliphatic carbocycles. The first-order chi connectivity index (χ1) is 13.6. The molecule has 0 radical (unpaired) electrons. The molecule has 2 unspecified atom stereocenters. The van der Waals surface area contributed by atoms with Crippen molar-refractivity contribution in [3.05, 3.63) is 64.3 Å². The maximum atomic E-state index is 5.38. The minimum absolute atomic E-state index is 0.532. The number of benzene rings is 2. The Morgan fingerprint density at radius 1 is 1.07 bits per heavy atom. The minimum Gasteiger partial charge on any atom is -0.496 e. The van der Waals surface area contributed by atoms with E-state index in [0.717, 1.165) is 23.3 Å². The Kier molecular flexibility index (Phi) is 4.00. The van der Waals surface area contributed by atoms with Crippen molar-refractivity contribution < 1.29 is 4.74 Å². The number of likely N-dealkylation sites (N-methyl/N-ethyl adjacent to an activating group) is 1. The van der Waals surface area contributed by atoms with Crippen molar-refractivity contribution in [2.45, 2.75) is 45.2 Å². The lowest BCUT2D eigenvalue weighted by Crippen LogP contribution is -2.34. The molecule has 3 aromatic rings. The summed E-state index contributed by atoms with van der Waals surface area (Å²) in [6, 6.07) is 17.6. The molecular formula is C25H26N2O. The number of methoxy groups -OCH3 is 1. The van der Waals surface area contributed by atoms with Crippen LogP contribution < -0.4 is 4.74 Å². The van der Waals surface area contributed by atoms with Crippen molar-refractivity contribution in [1.82, 2.24) is 9.47 Å². The van der Waals surface area contributed by atoms with E-state index in [1.54, 1.807) is 7.11 Å². The van der Waals surface area contributed by atoms with Crippen LogP contribution in [0, 0.1) is 25.8 Å². The summed E-state index contributed by atoms with van der Waals surface area (Å²) in [7, 11) is 4.00. The summed E-state index contributed by atoms with van der Waals surface area (Å²) in [4.78, 5) is 2.58. The Bertz CT molecular complexity index is 1140. The molecule has 142 valence electrons. The second-order valence-electron chi connectivity index (χ2n) is 8.25. The Morgan fingerprint density at radius 2 is 1.93 bits per heavy atom. The summed E-state index contributed by atoms with van der Waals surface area (Å²) < 4.78 is 7.64.